The molecule has 0 radical (unpaired) electrons. The Balaban J connectivity index is 2.18. The third kappa shape index (κ3) is 3.01. The molecule has 1 fully saturated rings. The van der Waals surface area contributed by atoms with E-state index >= 15 is 0 Å². The summed E-state index contributed by atoms with van der Waals surface area (Å²) in [6.07, 6.45) is 0.485. The maximum atomic E-state index is 13.9. The number of rotatable bonds is 5. The molecule has 116 valence electrons. The molecule has 1 saturated carbocycles. The molecule has 2 N–H and O–H groups in total. The summed E-state index contributed by atoms with van der Waals surface area (Å²) >= 11 is 0. The predicted octanol–water partition coefficient (Wildman–Crippen LogP) is 1.28. The number of halogens is 1. The lowest BCUT2D eigenvalue weighted by atomic mass is 9.81. The van der Waals surface area contributed by atoms with Crippen LogP contribution in [0.2, 0.25) is 0 Å². The smallest absolute Gasteiger partial charge is 0.306 e. The van der Waals surface area contributed by atoms with Gasteiger partial charge in [0, 0.05) is 11.6 Å². The Morgan fingerprint density at radius 3 is 2.57 bits per heavy atom. The Morgan fingerprint density at radius 1 is 1.43 bits per heavy atom. The van der Waals surface area contributed by atoms with Crippen LogP contribution in [0.3, 0.4) is 0 Å². The molecular weight excluding hydrogens is 301 g/mol. The molecule has 1 aromatic rings. The molecule has 0 atom stereocenters. The number of hydrogen-bond donors (Lipinski definition) is 2. The summed E-state index contributed by atoms with van der Waals surface area (Å²) in [6, 6.07) is 2.09. The van der Waals surface area contributed by atoms with Gasteiger partial charge < -0.3 is 9.84 Å². The summed E-state index contributed by atoms with van der Waals surface area (Å²) in [6.45, 7) is 1.35. The lowest BCUT2D eigenvalue weighted by Gasteiger charge is -2.32. The van der Waals surface area contributed by atoms with Gasteiger partial charge >= 0.3 is 5.97 Å². The van der Waals surface area contributed by atoms with Gasteiger partial charge in [0.2, 0.25) is 10.0 Å². The second-order valence-corrected chi connectivity index (χ2v) is 6.71. The third-order valence-electron chi connectivity index (χ3n) is 3.62. The largest absolute Gasteiger partial charge is 0.494 e. The van der Waals surface area contributed by atoms with Gasteiger partial charge in [-0.1, -0.05) is 0 Å². The number of carboxylic acids is 1. The van der Waals surface area contributed by atoms with Crippen molar-refractivity contribution >= 4 is 16.0 Å². The molecule has 0 aliphatic heterocycles. The minimum Gasteiger partial charge on any atom is -0.494 e. The average Bonchev–Trinajstić information content (AvgIpc) is 2.35. The van der Waals surface area contributed by atoms with Crippen LogP contribution in [-0.2, 0) is 14.8 Å². The fourth-order valence-electron chi connectivity index (χ4n) is 2.29. The highest BCUT2D eigenvalue weighted by Gasteiger charge is 2.37. The topological polar surface area (TPSA) is 92.7 Å². The van der Waals surface area contributed by atoms with Crippen LogP contribution in [-0.4, -0.2) is 32.6 Å². The summed E-state index contributed by atoms with van der Waals surface area (Å²) in [5.74, 6) is -2.21. The lowest BCUT2D eigenvalue weighted by Crippen LogP contribution is -2.46. The average molecular weight is 317 g/mol. The monoisotopic (exact) mass is 317 g/mol. The molecule has 0 aromatic heterocycles. The third-order valence-corrected chi connectivity index (χ3v) is 5.28. The Kier molecular flexibility index (Phi) is 4.20. The van der Waals surface area contributed by atoms with Crippen LogP contribution in [0.15, 0.2) is 17.0 Å². The standard InChI is InChI=1S/C13H16FNO5S/c1-7-11(4-3-10(20-2)12(7)14)21(18,19)15-9-5-8(6-9)13(16)17/h3-4,8-9,15H,5-6H2,1-2H3,(H,16,17). The number of carbonyl (C=O) groups is 1. The summed E-state index contributed by atoms with van der Waals surface area (Å²) in [5.41, 5.74) is -0.0315. The molecule has 0 bridgehead atoms. The van der Waals surface area contributed by atoms with Gasteiger partial charge in [0.1, 0.15) is 0 Å². The number of hydrogen-bond acceptors (Lipinski definition) is 4. The molecule has 8 heteroatoms. The van der Waals surface area contributed by atoms with Gasteiger partial charge in [-0.25, -0.2) is 17.5 Å². The molecule has 0 saturated heterocycles. The lowest BCUT2D eigenvalue weighted by molar-refractivity contribution is -0.145. The maximum Gasteiger partial charge on any atom is 0.306 e. The first-order chi connectivity index (χ1) is 9.76. The molecule has 0 spiro atoms. The van der Waals surface area contributed by atoms with E-state index in [4.69, 9.17) is 9.84 Å². The van der Waals surface area contributed by atoms with E-state index in [1.54, 1.807) is 0 Å². The number of carboxylic acid groups (broad SMARTS) is 1. The van der Waals surface area contributed by atoms with E-state index in [1.807, 2.05) is 0 Å². The fraction of sp³-hybridized carbons (Fsp3) is 0.462. The summed E-state index contributed by atoms with van der Waals surface area (Å²) < 4.78 is 45.5. The van der Waals surface area contributed by atoms with Crippen molar-refractivity contribution in [3.63, 3.8) is 0 Å². The van der Waals surface area contributed by atoms with Crippen LogP contribution in [0.5, 0.6) is 5.75 Å². The van der Waals surface area contributed by atoms with Crippen LogP contribution >= 0.6 is 0 Å². The first kappa shape index (κ1) is 15.7. The quantitative estimate of drug-likeness (QED) is 0.853. The molecule has 0 heterocycles. The van der Waals surface area contributed by atoms with E-state index in [1.165, 1.54) is 26.2 Å². The number of sulfonamides is 1. The molecule has 0 unspecified atom stereocenters. The van der Waals surface area contributed by atoms with Crippen molar-refractivity contribution in [1.29, 1.82) is 0 Å². The Morgan fingerprint density at radius 2 is 2.05 bits per heavy atom. The van der Waals surface area contributed by atoms with Crippen molar-refractivity contribution in [2.45, 2.75) is 30.7 Å². The highest BCUT2D eigenvalue weighted by atomic mass is 32.2. The highest BCUT2D eigenvalue weighted by Crippen LogP contribution is 2.30. The normalized spacial score (nSPS) is 21.7. The predicted molar refractivity (Wildman–Crippen MR) is 72.2 cm³/mol. The zero-order valence-electron chi connectivity index (χ0n) is 11.6. The summed E-state index contributed by atoms with van der Waals surface area (Å²) in [4.78, 5) is 10.5. The Hall–Kier alpha value is -1.67. The zero-order valence-corrected chi connectivity index (χ0v) is 12.4. The van der Waals surface area contributed by atoms with Crippen molar-refractivity contribution < 1.29 is 27.4 Å². The van der Waals surface area contributed by atoms with E-state index in [2.05, 4.69) is 4.72 Å². The van der Waals surface area contributed by atoms with E-state index in [0.29, 0.717) is 0 Å². The maximum absolute atomic E-state index is 13.9. The summed E-state index contributed by atoms with van der Waals surface area (Å²) in [7, 11) is -2.59. The molecule has 0 amide bonds. The number of methoxy groups -OCH3 is 1. The molecule has 1 aliphatic rings. The van der Waals surface area contributed by atoms with Crippen molar-refractivity contribution in [3.8, 4) is 5.75 Å². The van der Waals surface area contributed by atoms with Crippen LogP contribution in [0.4, 0.5) is 4.39 Å². The van der Waals surface area contributed by atoms with Gasteiger partial charge in [0.25, 0.3) is 0 Å². The first-order valence-corrected chi connectivity index (χ1v) is 7.82. The number of aliphatic carboxylic acids is 1. The number of nitrogens with one attached hydrogen (secondary N) is 1. The molecule has 1 aliphatic carbocycles. The van der Waals surface area contributed by atoms with Crippen LogP contribution in [0.1, 0.15) is 18.4 Å². The van der Waals surface area contributed by atoms with Crippen LogP contribution < -0.4 is 9.46 Å². The van der Waals surface area contributed by atoms with Crippen molar-refractivity contribution in [2.24, 2.45) is 5.92 Å². The second kappa shape index (κ2) is 5.61. The SMILES string of the molecule is COc1ccc(S(=O)(=O)NC2CC(C(=O)O)C2)c(C)c1F. The van der Waals surface area contributed by atoms with Crippen LogP contribution in [0, 0.1) is 18.7 Å². The number of benzene rings is 1. The molecular formula is C13H16FNO5S. The zero-order chi connectivity index (χ0) is 15.8. The highest BCUT2D eigenvalue weighted by molar-refractivity contribution is 7.89. The van der Waals surface area contributed by atoms with Gasteiger partial charge in [-0.3, -0.25) is 4.79 Å². The van der Waals surface area contributed by atoms with E-state index < -0.39 is 33.8 Å². The van der Waals surface area contributed by atoms with Crippen molar-refractivity contribution in [1.82, 2.24) is 4.72 Å². The minimum atomic E-state index is -3.89. The molecule has 2 rings (SSSR count). The Bertz CT molecular complexity index is 667. The Labute approximate surface area is 122 Å². The molecule has 21 heavy (non-hydrogen) atoms. The van der Waals surface area contributed by atoms with Gasteiger partial charge in [0.15, 0.2) is 11.6 Å². The minimum absolute atomic E-state index is 0.0268. The number of ether oxygens (including phenoxy) is 1. The van der Waals surface area contributed by atoms with Gasteiger partial charge in [-0.05, 0) is 31.9 Å². The van der Waals surface area contributed by atoms with Crippen molar-refractivity contribution in [2.75, 3.05) is 7.11 Å². The van der Waals surface area contributed by atoms with E-state index in [9.17, 15) is 17.6 Å². The summed E-state index contributed by atoms with van der Waals surface area (Å²) in [5, 5.41) is 8.76. The van der Waals surface area contributed by atoms with E-state index in [-0.39, 0.29) is 29.1 Å². The molecule has 1 aromatic carbocycles. The van der Waals surface area contributed by atoms with Crippen LogP contribution in [0.25, 0.3) is 0 Å². The van der Waals surface area contributed by atoms with Gasteiger partial charge in [-0.2, -0.15) is 0 Å². The van der Waals surface area contributed by atoms with E-state index in [0.717, 1.165) is 0 Å². The van der Waals surface area contributed by atoms with Gasteiger partial charge in [-0.15, -0.1) is 0 Å². The fourth-order valence-corrected chi connectivity index (χ4v) is 3.79. The van der Waals surface area contributed by atoms with Crippen molar-refractivity contribution in [3.05, 3.63) is 23.5 Å². The van der Waals surface area contributed by atoms with Gasteiger partial charge in [0.05, 0.1) is 17.9 Å². The second-order valence-electron chi connectivity index (χ2n) is 5.03. The molecule has 6 nitrogen and oxygen atoms in total. The first-order valence-electron chi connectivity index (χ1n) is 6.34.